The summed E-state index contributed by atoms with van der Waals surface area (Å²) in [6, 6.07) is 20.8. The molecule has 0 aliphatic carbocycles. The second kappa shape index (κ2) is 20.1. The normalized spacial score (nSPS) is 11.3. The van der Waals surface area contributed by atoms with Gasteiger partial charge >= 0.3 is 0 Å². The van der Waals surface area contributed by atoms with Crippen LogP contribution in [-0.4, -0.2) is 62.2 Å². The van der Waals surface area contributed by atoms with Gasteiger partial charge in [0.2, 0.25) is 0 Å². The van der Waals surface area contributed by atoms with Crippen LogP contribution in [0.3, 0.4) is 0 Å². The summed E-state index contributed by atoms with van der Waals surface area (Å²) in [6.45, 7) is 11.1. The molecule has 0 aliphatic rings. The van der Waals surface area contributed by atoms with Gasteiger partial charge < -0.3 is 29.6 Å². The van der Waals surface area contributed by atoms with Crippen LogP contribution in [0.15, 0.2) is 83.0 Å². The van der Waals surface area contributed by atoms with Gasteiger partial charge in [0, 0.05) is 25.2 Å². The molecule has 14 nitrogen and oxygen atoms in total. The van der Waals surface area contributed by atoms with E-state index >= 15 is 0 Å². The molecule has 0 unspecified atom stereocenters. The van der Waals surface area contributed by atoms with Crippen LogP contribution in [0.25, 0.3) is 11.1 Å². The third-order valence-electron chi connectivity index (χ3n) is 8.24. The van der Waals surface area contributed by atoms with Crippen LogP contribution < -0.4 is 40.4 Å². The van der Waals surface area contributed by atoms with E-state index in [9.17, 15) is 19.2 Å². The van der Waals surface area contributed by atoms with E-state index < -0.39 is 23.4 Å². The number of hydrazone groups is 2. The number of ether oxygens (including phenoxy) is 4. The lowest BCUT2D eigenvalue weighted by Crippen LogP contribution is -2.29. The monoisotopic (exact) mass is 764 g/mol. The Balaban J connectivity index is 1.66. The molecule has 0 atom stereocenters. The van der Waals surface area contributed by atoms with Crippen LogP contribution in [0.1, 0.15) is 51.7 Å². The Labute approximate surface area is 326 Å². The van der Waals surface area contributed by atoms with Crippen LogP contribution in [0, 0.1) is 13.8 Å². The Morgan fingerprint density at radius 2 is 0.929 bits per heavy atom. The van der Waals surface area contributed by atoms with Crippen molar-refractivity contribution in [1.82, 2.24) is 0 Å². The van der Waals surface area contributed by atoms with Gasteiger partial charge in [-0.3, -0.25) is 30.0 Å². The molecule has 4 rings (SSSR count). The molecule has 0 radical (unpaired) electrons. The summed E-state index contributed by atoms with van der Waals surface area (Å²) in [5, 5.41) is 13.8. The van der Waals surface area contributed by atoms with Gasteiger partial charge in [0.05, 0.1) is 38.8 Å². The van der Waals surface area contributed by atoms with Crippen LogP contribution in [-0.2, 0) is 19.2 Å². The van der Waals surface area contributed by atoms with E-state index in [-0.39, 0.29) is 11.4 Å². The van der Waals surface area contributed by atoms with Gasteiger partial charge in [0.1, 0.15) is 23.0 Å². The number of amides is 2. The first kappa shape index (κ1) is 42.0. The SMILES string of the molecule is CCCOc1cc(-c2cc(OCCC)c(N/N=C(\C(C)=O)C(=O)Nc3ccc(OC)cc3)cc2C)c(C)cc1N/N=C(\C(C)=O)C(=O)Nc1ccc(OC)cc1. The van der Waals surface area contributed by atoms with Gasteiger partial charge in [0.15, 0.2) is 23.0 Å². The number of aryl methyl sites for hydroxylation is 2. The van der Waals surface area contributed by atoms with Crippen molar-refractivity contribution in [3.8, 4) is 34.1 Å². The molecule has 0 aromatic heterocycles. The van der Waals surface area contributed by atoms with Gasteiger partial charge in [-0.1, -0.05) is 13.8 Å². The van der Waals surface area contributed by atoms with Gasteiger partial charge in [-0.2, -0.15) is 10.2 Å². The third kappa shape index (κ3) is 11.2. The molecule has 4 N–H and O–H groups in total. The number of rotatable bonds is 19. The summed E-state index contributed by atoms with van der Waals surface area (Å²) in [7, 11) is 3.09. The van der Waals surface area contributed by atoms with E-state index in [0.717, 1.165) is 35.1 Å². The third-order valence-corrected chi connectivity index (χ3v) is 8.24. The summed E-state index contributed by atoms with van der Waals surface area (Å²) < 4.78 is 22.6. The highest BCUT2D eigenvalue weighted by Gasteiger charge is 2.21. The highest BCUT2D eigenvalue weighted by molar-refractivity contribution is 6.67. The van der Waals surface area contributed by atoms with Gasteiger partial charge in [0.25, 0.3) is 11.8 Å². The Morgan fingerprint density at radius 3 is 1.23 bits per heavy atom. The molecule has 0 spiro atoms. The standard InChI is InChI=1S/C42H48N6O8/c1-9-19-55-37-23-33(25(3)21-35(37)45-47-39(27(5)49)41(51)43-29-11-15-31(53-7)16-12-29)34-24-38(56-20-10-2)36(22-26(34)4)46-48-40(28(6)50)42(52)44-30-13-17-32(54-8)18-14-30/h11-18,21-24,45-46H,9-10,19-20H2,1-8H3,(H,43,51)(H,44,52)/b47-39+,48-40+. The molecule has 0 fully saturated rings. The second-order valence-corrected chi connectivity index (χ2v) is 12.6. The van der Waals surface area contributed by atoms with Crippen LogP contribution in [0.5, 0.6) is 23.0 Å². The zero-order chi connectivity index (χ0) is 40.8. The Morgan fingerprint density at radius 1 is 0.571 bits per heavy atom. The highest BCUT2D eigenvalue weighted by atomic mass is 16.5. The van der Waals surface area contributed by atoms with Crippen molar-refractivity contribution >= 4 is 57.6 Å². The largest absolute Gasteiger partial charge is 0.497 e. The molecule has 2 amide bonds. The van der Waals surface area contributed by atoms with Crippen molar-refractivity contribution in [1.29, 1.82) is 0 Å². The minimum Gasteiger partial charge on any atom is -0.497 e. The van der Waals surface area contributed by atoms with E-state index in [1.54, 1.807) is 62.8 Å². The van der Waals surface area contributed by atoms with Crippen molar-refractivity contribution < 1.29 is 38.1 Å². The molecule has 294 valence electrons. The minimum atomic E-state index is -0.680. The lowest BCUT2D eigenvalue weighted by Gasteiger charge is -2.19. The highest BCUT2D eigenvalue weighted by Crippen LogP contribution is 2.40. The Bertz CT molecular complexity index is 1960. The quantitative estimate of drug-likeness (QED) is 0.0423. The van der Waals surface area contributed by atoms with Crippen LogP contribution >= 0.6 is 0 Å². The van der Waals surface area contributed by atoms with E-state index in [0.29, 0.717) is 59.0 Å². The van der Waals surface area contributed by atoms with Gasteiger partial charge in [-0.15, -0.1) is 0 Å². The molecular formula is C42H48N6O8. The van der Waals surface area contributed by atoms with E-state index in [4.69, 9.17) is 18.9 Å². The molecule has 0 aliphatic heterocycles. The number of methoxy groups -OCH3 is 2. The number of ketones is 2. The van der Waals surface area contributed by atoms with Crippen molar-refractivity contribution in [2.45, 2.75) is 54.4 Å². The molecular weight excluding hydrogens is 716 g/mol. The topological polar surface area (TPSA) is 178 Å². The predicted octanol–water partition coefficient (Wildman–Crippen LogP) is 7.56. The van der Waals surface area contributed by atoms with Crippen LogP contribution in [0.4, 0.5) is 22.7 Å². The molecule has 4 aromatic carbocycles. The fourth-order valence-electron chi connectivity index (χ4n) is 5.33. The number of nitrogens with zero attached hydrogens (tertiary/aromatic N) is 2. The zero-order valence-corrected chi connectivity index (χ0v) is 32.9. The van der Waals surface area contributed by atoms with E-state index in [1.165, 1.54) is 13.8 Å². The number of Topliss-reactive ketones (excluding diaryl/α,β-unsaturated/α-hetero) is 2. The summed E-state index contributed by atoms with van der Waals surface area (Å²) >= 11 is 0. The maximum absolute atomic E-state index is 13.1. The molecule has 56 heavy (non-hydrogen) atoms. The number of hydrogen-bond acceptors (Lipinski definition) is 12. The second-order valence-electron chi connectivity index (χ2n) is 12.6. The van der Waals surface area contributed by atoms with Crippen molar-refractivity contribution in [3.63, 3.8) is 0 Å². The summed E-state index contributed by atoms with van der Waals surface area (Å²) in [6.07, 6.45) is 1.45. The fraction of sp³-hybridized carbons (Fsp3) is 0.286. The maximum atomic E-state index is 13.1. The lowest BCUT2D eigenvalue weighted by molar-refractivity contribution is -0.116. The molecule has 4 aromatic rings. The molecule has 0 saturated carbocycles. The smallest absolute Gasteiger partial charge is 0.279 e. The Kier molecular flexibility index (Phi) is 15.1. The predicted molar refractivity (Wildman–Crippen MR) is 220 cm³/mol. The van der Waals surface area contributed by atoms with Gasteiger partial charge in [-0.25, -0.2) is 0 Å². The number of carbonyl (C=O) groups excluding carboxylic acids is 4. The lowest BCUT2D eigenvalue weighted by atomic mass is 9.95. The molecule has 0 saturated heterocycles. The summed E-state index contributed by atoms with van der Waals surface area (Å²) in [5.74, 6) is -0.282. The summed E-state index contributed by atoms with van der Waals surface area (Å²) in [5.41, 5.74) is 10.3. The number of anilines is 4. The van der Waals surface area contributed by atoms with Crippen LogP contribution in [0.2, 0.25) is 0 Å². The number of hydrogen-bond donors (Lipinski definition) is 4. The van der Waals surface area contributed by atoms with E-state index in [2.05, 4.69) is 31.7 Å². The average molecular weight is 765 g/mol. The minimum absolute atomic E-state index is 0.325. The van der Waals surface area contributed by atoms with Crippen molar-refractivity contribution in [2.24, 2.45) is 10.2 Å². The first-order valence-corrected chi connectivity index (χ1v) is 18.0. The van der Waals surface area contributed by atoms with Crippen molar-refractivity contribution in [2.75, 3.05) is 48.9 Å². The van der Waals surface area contributed by atoms with Crippen molar-refractivity contribution in [3.05, 3.63) is 83.9 Å². The molecule has 0 bridgehead atoms. The molecule has 0 heterocycles. The Hall–Kier alpha value is -6.70. The van der Waals surface area contributed by atoms with Gasteiger partial charge in [-0.05, 0) is 122 Å². The first-order valence-electron chi connectivity index (χ1n) is 18.0. The number of benzene rings is 4. The van der Waals surface area contributed by atoms with E-state index in [1.807, 2.05) is 52.0 Å². The maximum Gasteiger partial charge on any atom is 0.279 e. The summed E-state index contributed by atoms with van der Waals surface area (Å²) in [4.78, 5) is 51.2. The number of carbonyl (C=O) groups is 4. The average Bonchev–Trinajstić information content (AvgIpc) is 3.17. The zero-order valence-electron chi connectivity index (χ0n) is 32.9. The number of nitrogens with one attached hydrogen (secondary N) is 4. The molecule has 14 heteroatoms. The fourth-order valence-corrected chi connectivity index (χ4v) is 5.33. The first-order chi connectivity index (χ1) is 26.9.